The minimum absolute atomic E-state index is 0.158. The van der Waals surface area contributed by atoms with E-state index in [1.54, 1.807) is 33.7 Å². The summed E-state index contributed by atoms with van der Waals surface area (Å²) in [6.45, 7) is 14.4. The molecule has 1 spiro atoms. The average Bonchev–Trinajstić information content (AvgIpc) is 3.48. The second kappa shape index (κ2) is 11.9. The van der Waals surface area contributed by atoms with E-state index < -0.39 is 33.4 Å². The Kier molecular flexibility index (Phi) is 8.96. The highest BCUT2D eigenvalue weighted by Crippen LogP contribution is 2.71. The second-order valence-corrected chi connectivity index (χ2v) is 13.6. The van der Waals surface area contributed by atoms with Crippen LogP contribution in [0.4, 0.5) is 0 Å². The van der Waals surface area contributed by atoms with Crippen molar-refractivity contribution < 1.29 is 24.2 Å². The van der Waals surface area contributed by atoms with Crippen molar-refractivity contribution in [3.8, 4) is 0 Å². The Morgan fingerprint density at radius 2 is 1.95 bits per heavy atom. The van der Waals surface area contributed by atoms with Crippen molar-refractivity contribution in [3.05, 3.63) is 61.2 Å². The first kappa shape index (κ1) is 29.4. The Morgan fingerprint density at radius 1 is 1.23 bits per heavy atom. The molecule has 7 nitrogen and oxygen atoms in total. The summed E-state index contributed by atoms with van der Waals surface area (Å²) in [6.07, 6.45) is 5.87. The van der Waals surface area contributed by atoms with Crippen LogP contribution in [0.5, 0.6) is 0 Å². The zero-order valence-electron chi connectivity index (χ0n) is 23.4. The van der Waals surface area contributed by atoms with Crippen LogP contribution in [-0.4, -0.2) is 74.0 Å². The maximum atomic E-state index is 14.6. The normalized spacial score (nSPS) is 29.8. The topological polar surface area (TPSA) is 87.1 Å². The zero-order valence-corrected chi connectivity index (χ0v) is 24.2. The third-order valence-electron chi connectivity index (χ3n) is 8.49. The van der Waals surface area contributed by atoms with E-state index in [2.05, 4.69) is 13.2 Å². The highest BCUT2D eigenvalue weighted by Gasteiger charge is 2.78. The van der Waals surface area contributed by atoms with Crippen molar-refractivity contribution in [2.75, 3.05) is 19.8 Å². The van der Waals surface area contributed by atoms with Crippen molar-refractivity contribution in [3.63, 3.8) is 0 Å². The van der Waals surface area contributed by atoms with Gasteiger partial charge in [0, 0.05) is 17.8 Å². The second-order valence-electron chi connectivity index (χ2n) is 11.7. The van der Waals surface area contributed by atoms with Crippen molar-refractivity contribution in [1.82, 2.24) is 9.80 Å². The molecule has 3 aliphatic rings. The lowest BCUT2D eigenvalue weighted by molar-refractivity contribution is -0.156. The predicted molar refractivity (Wildman–Crippen MR) is 154 cm³/mol. The molecule has 2 unspecified atom stereocenters. The summed E-state index contributed by atoms with van der Waals surface area (Å²) in [5.74, 6) is -1.86. The van der Waals surface area contributed by atoms with Crippen LogP contribution in [0.2, 0.25) is 0 Å². The molecule has 3 saturated heterocycles. The number of aliphatic hydroxyl groups is 1. The number of nitrogens with zero attached hydrogens (tertiary/aromatic N) is 2. The Balaban J connectivity index is 1.77. The quantitative estimate of drug-likeness (QED) is 0.223. The number of carbonyl (C=O) groups excluding carboxylic acids is 3. The maximum Gasteiger partial charge on any atom is 0.311 e. The number of rotatable bonds is 13. The van der Waals surface area contributed by atoms with Crippen LogP contribution in [0.15, 0.2) is 55.6 Å². The lowest BCUT2D eigenvalue weighted by Gasteiger charge is -2.40. The van der Waals surface area contributed by atoms with Crippen molar-refractivity contribution >= 4 is 29.5 Å². The summed E-state index contributed by atoms with van der Waals surface area (Å²) in [7, 11) is 0. The molecule has 4 rings (SSSR count). The molecule has 2 amide bonds. The number of likely N-dealkylation sites (tertiary alicyclic amines) is 1. The maximum absolute atomic E-state index is 14.6. The number of carbonyl (C=O) groups is 3. The van der Waals surface area contributed by atoms with E-state index in [-0.39, 0.29) is 36.9 Å². The SMILES string of the molecule is C=CCCOC(=O)[C@H]1[C@H]2C(=O)N([C@@H](CO)CC(C)C)C(C(=O)N(CC=C)Cc3ccccc3)C23CC[C@]1(C)S3. The molecule has 3 aliphatic heterocycles. The van der Waals surface area contributed by atoms with E-state index >= 15 is 0 Å². The van der Waals surface area contributed by atoms with E-state index in [1.165, 1.54) is 0 Å². The third-order valence-corrected chi connectivity index (χ3v) is 10.5. The molecular formula is C31H42N2O5S. The third kappa shape index (κ3) is 5.30. The fraction of sp³-hybridized carbons (Fsp3) is 0.581. The number of aliphatic hydroxyl groups excluding tert-OH is 1. The van der Waals surface area contributed by atoms with E-state index in [0.29, 0.717) is 38.8 Å². The van der Waals surface area contributed by atoms with Gasteiger partial charge in [-0.15, -0.1) is 24.9 Å². The predicted octanol–water partition coefficient (Wildman–Crippen LogP) is 4.21. The van der Waals surface area contributed by atoms with Gasteiger partial charge >= 0.3 is 5.97 Å². The Morgan fingerprint density at radius 3 is 2.56 bits per heavy atom. The van der Waals surface area contributed by atoms with Gasteiger partial charge in [0.25, 0.3) is 0 Å². The van der Waals surface area contributed by atoms with Crippen LogP contribution in [-0.2, 0) is 25.7 Å². The summed E-state index contributed by atoms with van der Waals surface area (Å²) in [6, 6.07) is 8.46. The van der Waals surface area contributed by atoms with Crippen LogP contribution in [0, 0.1) is 17.8 Å². The highest BCUT2D eigenvalue weighted by atomic mass is 32.2. The molecule has 1 aromatic rings. The molecule has 0 aromatic heterocycles. The fourth-order valence-electron chi connectivity index (χ4n) is 6.91. The molecule has 0 radical (unpaired) electrons. The lowest BCUT2D eigenvalue weighted by Crippen LogP contribution is -2.57. The monoisotopic (exact) mass is 554 g/mol. The smallest absolute Gasteiger partial charge is 0.311 e. The molecule has 39 heavy (non-hydrogen) atoms. The van der Waals surface area contributed by atoms with Gasteiger partial charge in [-0.25, -0.2) is 0 Å². The number of hydrogen-bond donors (Lipinski definition) is 1. The molecule has 0 aliphatic carbocycles. The van der Waals surface area contributed by atoms with Crippen LogP contribution >= 0.6 is 11.8 Å². The van der Waals surface area contributed by atoms with Crippen LogP contribution < -0.4 is 0 Å². The molecule has 8 heteroatoms. The molecule has 1 aromatic carbocycles. The lowest BCUT2D eigenvalue weighted by atomic mass is 9.66. The number of thioether (sulfide) groups is 1. The van der Waals surface area contributed by atoms with E-state index in [4.69, 9.17) is 4.74 Å². The minimum Gasteiger partial charge on any atom is -0.465 e. The Labute approximate surface area is 236 Å². The standard InChI is InChI=1S/C31H42N2O5S/c1-6-8-17-38-29(37)25-24-27(35)33(23(20-34)18-21(3)4)26(31(24)15-14-30(25,5)39-31)28(36)32(16-7-2)19-22-12-10-9-11-13-22/h6-7,9-13,21,23-26,34H,1-2,8,14-20H2,3-5H3/t23-,24+,25-,26?,30+,31?/m1/s1. The van der Waals surface area contributed by atoms with Gasteiger partial charge in [-0.2, -0.15) is 0 Å². The summed E-state index contributed by atoms with van der Waals surface area (Å²) in [4.78, 5) is 45.8. The molecule has 3 fully saturated rings. The minimum atomic E-state index is -0.785. The van der Waals surface area contributed by atoms with Gasteiger partial charge in [0.05, 0.1) is 35.8 Å². The molecule has 2 bridgehead atoms. The average molecular weight is 555 g/mol. The van der Waals surface area contributed by atoms with Crippen molar-refractivity contribution in [1.29, 1.82) is 0 Å². The number of fused-ring (bicyclic) bond motifs is 1. The number of hydrogen-bond acceptors (Lipinski definition) is 6. The van der Waals surface area contributed by atoms with Gasteiger partial charge in [0.15, 0.2) is 0 Å². The molecule has 0 saturated carbocycles. The summed E-state index contributed by atoms with van der Waals surface area (Å²) in [5.41, 5.74) is 0.984. The first-order valence-electron chi connectivity index (χ1n) is 14.0. The molecule has 3 heterocycles. The molecule has 6 atom stereocenters. The summed E-state index contributed by atoms with van der Waals surface area (Å²) in [5, 5.41) is 10.5. The number of benzene rings is 1. The largest absolute Gasteiger partial charge is 0.465 e. The van der Waals surface area contributed by atoms with Gasteiger partial charge in [0.2, 0.25) is 11.8 Å². The van der Waals surface area contributed by atoms with Crippen molar-refractivity contribution in [2.24, 2.45) is 17.8 Å². The number of amides is 2. The van der Waals surface area contributed by atoms with E-state index in [1.807, 2.05) is 51.1 Å². The number of esters is 1. The van der Waals surface area contributed by atoms with Gasteiger partial charge in [0.1, 0.15) is 6.04 Å². The highest BCUT2D eigenvalue weighted by molar-refractivity contribution is 8.02. The van der Waals surface area contributed by atoms with Gasteiger partial charge in [-0.05, 0) is 44.1 Å². The molecule has 212 valence electrons. The summed E-state index contributed by atoms with van der Waals surface area (Å²) >= 11 is 1.62. The van der Waals surface area contributed by atoms with Crippen LogP contribution in [0.3, 0.4) is 0 Å². The van der Waals surface area contributed by atoms with Gasteiger partial charge in [-0.1, -0.05) is 56.3 Å². The fourth-order valence-corrected chi connectivity index (χ4v) is 9.24. The first-order chi connectivity index (χ1) is 18.6. The van der Waals surface area contributed by atoms with Crippen LogP contribution in [0.25, 0.3) is 0 Å². The summed E-state index contributed by atoms with van der Waals surface area (Å²) < 4.78 is 4.38. The van der Waals surface area contributed by atoms with E-state index in [9.17, 15) is 19.5 Å². The Bertz CT molecular complexity index is 1090. The van der Waals surface area contributed by atoms with Gasteiger partial charge < -0.3 is 19.6 Å². The number of ether oxygens (including phenoxy) is 1. The van der Waals surface area contributed by atoms with Crippen LogP contribution in [0.1, 0.15) is 52.0 Å². The molecular weight excluding hydrogens is 512 g/mol. The van der Waals surface area contributed by atoms with Gasteiger partial charge in [-0.3, -0.25) is 14.4 Å². The first-order valence-corrected chi connectivity index (χ1v) is 14.8. The zero-order chi connectivity index (χ0) is 28.4. The molecule has 1 N–H and O–H groups in total. The Hall–Kier alpha value is -2.58. The van der Waals surface area contributed by atoms with E-state index in [0.717, 1.165) is 5.56 Å². The van der Waals surface area contributed by atoms with Crippen molar-refractivity contribution in [2.45, 2.75) is 74.6 Å².